The van der Waals surface area contributed by atoms with Gasteiger partial charge in [-0.25, -0.2) is 4.98 Å². The number of thiazole rings is 1. The van der Waals surface area contributed by atoms with Crippen LogP contribution < -0.4 is 10.6 Å². The van der Waals surface area contributed by atoms with E-state index in [1.165, 1.54) is 18.5 Å². The lowest BCUT2D eigenvalue weighted by Crippen LogP contribution is -2.39. The molecule has 1 amide bonds. The standard InChI is InChI=1S/C12H17N3OS/c16-12(9-2-1-5-13-9)14-6-11-15-10(7-17-11)8-3-4-8/h7-9,13H,1-6H2,(H,14,16). The van der Waals surface area contributed by atoms with E-state index in [0.717, 1.165) is 24.4 Å². The summed E-state index contributed by atoms with van der Waals surface area (Å²) in [5.41, 5.74) is 1.22. The molecule has 2 aliphatic rings. The van der Waals surface area contributed by atoms with Crippen molar-refractivity contribution in [1.29, 1.82) is 0 Å². The Labute approximate surface area is 105 Å². The average molecular weight is 251 g/mol. The van der Waals surface area contributed by atoms with Crippen molar-refractivity contribution in [2.75, 3.05) is 6.54 Å². The molecule has 1 aromatic rings. The maximum atomic E-state index is 11.8. The summed E-state index contributed by atoms with van der Waals surface area (Å²) < 4.78 is 0. The minimum Gasteiger partial charge on any atom is -0.348 e. The van der Waals surface area contributed by atoms with Gasteiger partial charge in [-0.1, -0.05) is 0 Å². The lowest BCUT2D eigenvalue weighted by Gasteiger charge is -2.09. The topological polar surface area (TPSA) is 54.0 Å². The Kier molecular flexibility index (Phi) is 3.11. The van der Waals surface area contributed by atoms with Crippen LogP contribution in [0.2, 0.25) is 0 Å². The summed E-state index contributed by atoms with van der Waals surface area (Å²) in [6.45, 7) is 1.54. The van der Waals surface area contributed by atoms with Gasteiger partial charge >= 0.3 is 0 Å². The van der Waals surface area contributed by atoms with Crippen molar-refractivity contribution in [3.05, 3.63) is 16.1 Å². The summed E-state index contributed by atoms with van der Waals surface area (Å²) in [5.74, 6) is 0.817. The zero-order chi connectivity index (χ0) is 11.7. The number of carbonyl (C=O) groups is 1. The van der Waals surface area contributed by atoms with Crippen LogP contribution in [-0.4, -0.2) is 23.5 Å². The molecule has 1 aromatic heterocycles. The van der Waals surface area contributed by atoms with E-state index in [1.54, 1.807) is 11.3 Å². The molecule has 2 fully saturated rings. The maximum absolute atomic E-state index is 11.8. The van der Waals surface area contributed by atoms with Crippen LogP contribution in [0.25, 0.3) is 0 Å². The van der Waals surface area contributed by atoms with Gasteiger partial charge in [-0.05, 0) is 32.2 Å². The number of hydrogen-bond acceptors (Lipinski definition) is 4. The van der Waals surface area contributed by atoms with Crippen LogP contribution >= 0.6 is 11.3 Å². The van der Waals surface area contributed by atoms with E-state index in [-0.39, 0.29) is 11.9 Å². The molecule has 0 bridgehead atoms. The van der Waals surface area contributed by atoms with Gasteiger partial charge in [0.25, 0.3) is 0 Å². The number of amides is 1. The summed E-state index contributed by atoms with van der Waals surface area (Å²) in [6, 6.07) is 0.0119. The van der Waals surface area contributed by atoms with Crippen molar-refractivity contribution < 1.29 is 4.79 Å². The highest BCUT2D eigenvalue weighted by Crippen LogP contribution is 2.40. The number of nitrogens with zero attached hydrogens (tertiary/aromatic N) is 1. The molecule has 5 heteroatoms. The molecule has 1 atom stereocenters. The SMILES string of the molecule is O=C(NCc1nc(C2CC2)cs1)C1CCCN1. The van der Waals surface area contributed by atoms with Crippen LogP contribution in [0.15, 0.2) is 5.38 Å². The Morgan fingerprint density at radius 1 is 1.53 bits per heavy atom. The van der Waals surface area contributed by atoms with Gasteiger partial charge in [0.05, 0.1) is 18.3 Å². The highest BCUT2D eigenvalue weighted by molar-refractivity contribution is 7.09. The molecule has 0 spiro atoms. The first kappa shape index (κ1) is 11.2. The van der Waals surface area contributed by atoms with Crippen LogP contribution in [0.1, 0.15) is 42.3 Å². The molecule has 1 unspecified atom stereocenters. The molecule has 2 N–H and O–H groups in total. The van der Waals surface area contributed by atoms with Crippen molar-refractivity contribution in [1.82, 2.24) is 15.6 Å². The van der Waals surface area contributed by atoms with Crippen molar-refractivity contribution in [2.24, 2.45) is 0 Å². The van der Waals surface area contributed by atoms with Gasteiger partial charge in [-0.3, -0.25) is 4.79 Å². The first-order chi connectivity index (χ1) is 8.33. The van der Waals surface area contributed by atoms with Crippen molar-refractivity contribution in [2.45, 2.75) is 44.2 Å². The smallest absolute Gasteiger partial charge is 0.237 e. The largest absolute Gasteiger partial charge is 0.348 e. The molecule has 1 saturated heterocycles. The fraction of sp³-hybridized carbons (Fsp3) is 0.667. The summed E-state index contributed by atoms with van der Waals surface area (Å²) in [5, 5.41) is 9.32. The minimum atomic E-state index is 0.0119. The fourth-order valence-corrected chi connectivity index (χ4v) is 2.98. The normalized spacial score (nSPS) is 23.9. The number of aromatic nitrogens is 1. The zero-order valence-electron chi connectivity index (χ0n) is 9.74. The van der Waals surface area contributed by atoms with E-state index < -0.39 is 0 Å². The van der Waals surface area contributed by atoms with Gasteiger partial charge in [0.1, 0.15) is 5.01 Å². The third kappa shape index (κ3) is 2.66. The van der Waals surface area contributed by atoms with Crippen LogP contribution in [0.4, 0.5) is 0 Å². The predicted molar refractivity (Wildman–Crippen MR) is 67.0 cm³/mol. The van der Waals surface area contributed by atoms with E-state index in [0.29, 0.717) is 12.5 Å². The molecule has 1 aliphatic carbocycles. The highest BCUT2D eigenvalue weighted by atomic mass is 32.1. The van der Waals surface area contributed by atoms with Crippen LogP contribution in [0, 0.1) is 0 Å². The number of hydrogen-bond donors (Lipinski definition) is 2. The molecule has 4 nitrogen and oxygen atoms in total. The predicted octanol–water partition coefficient (Wildman–Crippen LogP) is 1.39. The molecule has 3 rings (SSSR count). The first-order valence-corrected chi connectivity index (χ1v) is 7.16. The Hall–Kier alpha value is -0.940. The minimum absolute atomic E-state index is 0.0119. The highest BCUT2D eigenvalue weighted by Gasteiger charge is 2.26. The van der Waals surface area contributed by atoms with Gasteiger partial charge in [-0.2, -0.15) is 0 Å². The number of rotatable bonds is 4. The quantitative estimate of drug-likeness (QED) is 0.850. The van der Waals surface area contributed by atoms with E-state index in [1.807, 2.05) is 0 Å². The van der Waals surface area contributed by atoms with Crippen molar-refractivity contribution in [3.8, 4) is 0 Å². The molecule has 1 saturated carbocycles. The van der Waals surface area contributed by atoms with E-state index in [2.05, 4.69) is 21.0 Å². The van der Waals surface area contributed by atoms with Gasteiger partial charge in [0.15, 0.2) is 0 Å². The Morgan fingerprint density at radius 3 is 3.12 bits per heavy atom. The van der Waals surface area contributed by atoms with Gasteiger partial charge < -0.3 is 10.6 Å². The summed E-state index contributed by atoms with van der Waals surface area (Å²) in [6.07, 6.45) is 4.61. The van der Waals surface area contributed by atoms with Crippen LogP contribution in [-0.2, 0) is 11.3 Å². The van der Waals surface area contributed by atoms with Crippen LogP contribution in [0.5, 0.6) is 0 Å². The molecule has 92 valence electrons. The lowest BCUT2D eigenvalue weighted by molar-refractivity contribution is -0.122. The van der Waals surface area contributed by atoms with Gasteiger partial charge in [0.2, 0.25) is 5.91 Å². The van der Waals surface area contributed by atoms with Crippen molar-refractivity contribution >= 4 is 17.2 Å². The van der Waals surface area contributed by atoms with Gasteiger partial charge in [0, 0.05) is 11.3 Å². The summed E-state index contributed by atoms with van der Waals surface area (Å²) in [7, 11) is 0. The van der Waals surface area contributed by atoms with Crippen molar-refractivity contribution in [3.63, 3.8) is 0 Å². The number of carbonyl (C=O) groups excluding carboxylic acids is 1. The van der Waals surface area contributed by atoms with Gasteiger partial charge in [-0.15, -0.1) is 11.3 Å². The molecule has 0 radical (unpaired) electrons. The summed E-state index contributed by atoms with van der Waals surface area (Å²) >= 11 is 1.66. The Balaban J connectivity index is 1.50. The third-order valence-electron chi connectivity index (χ3n) is 3.36. The lowest BCUT2D eigenvalue weighted by atomic mass is 10.2. The zero-order valence-corrected chi connectivity index (χ0v) is 10.6. The monoisotopic (exact) mass is 251 g/mol. The second-order valence-electron chi connectivity index (χ2n) is 4.81. The summed E-state index contributed by atoms with van der Waals surface area (Å²) in [4.78, 5) is 16.3. The molecule has 17 heavy (non-hydrogen) atoms. The molecule has 2 heterocycles. The second kappa shape index (κ2) is 4.74. The van der Waals surface area contributed by atoms with E-state index >= 15 is 0 Å². The second-order valence-corrected chi connectivity index (χ2v) is 5.75. The fourth-order valence-electron chi connectivity index (χ4n) is 2.17. The third-order valence-corrected chi connectivity index (χ3v) is 4.22. The Morgan fingerprint density at radius 2 is 2.41 bits per heavy atom. The molecule has 0 aromatic carbocycles. The average Bonchev–Trinajstić information content (AvgIpc) is 2.88. The maximum Gasteiger partial charge on any atom is 0.237 e. The first-order valence-electron chi connectivity index (χ1n) is 6.28. The molecular weight excluding hydrogens is 234 g/mol. The van der Waals surface area contributed by atoms with E-state index in [9.17, 15) is 4.79 Å². The Bertz CT molecular complexity index is 408. The number of nitrogens with one attached hydrogen (secondary N) is 2. The molecular formula is C12H17N3OS. The van der Waals surface area contributed by atoms with Crippen LogP contribution in [0.3, 0.4) is 0 Å². The van der Waals surface area contributed by atoms with E-state index in [4.69, 9.17) is 0 Å². The molecule has 1 aliphatic heterocycles.